The van der Waals surface area contributed by atoms with Crippen molar-refractivity contribution in [3.63, 3.8) is 0 Å². The van der Waals surface area contributed by atoms with Crippen LogP contribution in [0.1, 0.15) is 22.8 Å². The fourth-order valence-corrected chi connectivity index (χ4v) is 2.46. The first kappa shape index (κ1) is 15.7. The molecule has 2 aromatic rings. The van der Waals surface area contributed by atoms with Crippen molar-refractivity contribution in [3.8, 4) is 16.9 Å². The molecule has 0 fully saturated rings. The fraction of sp³-hybridized carbons (Fsp3) is 0.188. The van der Waals surface area contributed by atoms with Crippen LogP contribution < -0.4 is 0 Å². The highest BCUT2D eigenvalue weighted by Gasteiger charge is 2.23. The number of carbonyl (C=O) groups is 1. The average Bonchev–Trinajstić information content (AvgIpc) is 2.45. The average molecular weight is 325 g/mol. The van der Waals surface area contributed by atoms with Crippen molar-refractivity contribution in [3.05, 3.63) is 51.5 Å². The molecule has 0 spiro atoms. The van der Waals surface area contributed by atoms with Crippen LogP contribution in [-0.2, 0) is 4.74 Å². The summed E-state index contributed by atoms with van der Waals surface area (Å²) in [6.07, 6.45) is 0. The molecule has 0 saturated heterocycles. The first-order valence-electron chi connectivity index (χ1n) is 6.41. The molecule has 2 rings (SSSR count). The highest BCUT2D eigenvalue weighted by Crippen LogP contribution is 2.40. The Hall–Kier alpha value is -1.71. The van der Waals surface area contributed by atoms with Gasteiger partial charge in [0.15, 0.2) is 0 Å². The van der Waals surface area contributed by atoms with Crippen LogP contribution in [0.5, 0.6) is 5.75 Å². The van der Waals surface area contributed by atoms with Crippen LogP contribution in [0.4, 0.5) is 0 Å². The third-order valence-electron chi connectivity index (χ3n) is 3.06. The summed E-state index contributed by atoms with van der Waals surface area (Å²) in [5, 5.41) is 10.8. The van der Waals surface area contributed by atoms with Gasteiger partial charge < -0.3 is 9.84 Å². The number of ether oxygens (including phenoxy) is 1. The number of aryl methyl sites for hydroxylation is 1. The first-order chi connectivity index (χ1) is 9.97. The lowest BCUT2D eigenvalue weighted by atomic mass is 9.96. The van der Waals surface area contributed by atoms with Gasteiger partial charge in [-0.25, -0.2) is 4.79 Å². The minimum atomic E-state index is -0.633. The molecular formula is C16H14Cl2O3. The zero-order valence-electron chi connectivity index (χ0n) is 11.6. The van der Waals surface area contributed by atoms with Gasteiger partial charge in [-0.3, -0.25) is 0 Å². The van der Waals surface area contributed by atoms with Crippen LogP contribution in [0.25, 0.3) is 11.1 Å². The van der Waals surface area contributed by atoms with Crippen molar-refractivity contribution in [1.29, 1.82) is 0 Å². The molecule has 21 heavy (non-hydrogen) atoms. The number of hydrogen-bond donors (Lipinski definition) is 1. The lowest BCUT2D eigenvalue weighted by Crippen LogP contribution is -2.08. The maximum atomic E-state index is 12.2. The zero-order valence-corrected chi connectivity index (χ0v) is 13.1. The van der Waals surface area contributed by atoms with Gasteiger partial charge >= 0.3 is 5.97 Å². The summed E-state index contributed by atoms with van der Waals surface area (Å²) in [4.78, 5) is 12.2. The number of hydrogen-bond acceptors (Lipinski definition) is 3. The van der Waals surface area contributed by atoms with Gasteiger partial charge in [0.2, 0.25) is 0 Å². The highest BCUT2D eigenvalue weighted by atomic mass is 35.5. The van der Waals surface area contributed by atoms with Crippen LogP contribution in [0.3, 0.4) is 0 Å². The second-order valence-electron chi connectivity index (χ2n) is 4.48. The summed E-state index contributed by atoms with van der Waals surface area (Å²) in [7, 11) is 0. The van der Waals surface area contributed by atoms with Gasteiger partial charge in [-0.15, -0.1) is 0 Å². The van der Waals surface area contributed by atoms with E-state index in [1.54, 1.807) is 44.2 Å². The summed E-state index contributed by atoms with van der Waals surface area (Å²) >= 11 is 12.2. The van der Waals surface area contributed by atoms with Crippen LogP contribution in [0.2, 0.25) is 10.0 Å². The molecule has 0 heterocycles. The number of carbonyl (C=O) groups excluding carboxylic acids is 1. The zero-order chi connectivity index (χ0) is 15.6. The number of benzene rings is 2. The van der Waals surface area contributed by atoms with Gasteiger partial charge in [0.05, 0.1) is 11.6 Å². The van der Waals surface area contributed by atoms with E-state index in [9.17, 15) is 9.90 Å². The maximum Gasteiger partial charge on any atom is 0.342 e. The van der Waals surface area contributed by atoms with Crippen molar-refractivity contribution in [1.82, 2.24) is 0 Å². The van der Waals surface area contributed by atoms with Gasteiger partial charge in [-0.05, 0) is 31.5 Å². The molecule has 0 amide bonds. The fourth-order valence-electron chi connectivity index (χ4n) is 2.08. The molecule has 0 unspecified atom stereocenters. The van der Waals surface area contributed by atoms with Gasteiger partial charge in [-0.2, -0.15) is 0 Å². The SMILES string of the molecule is CCOC(=O)c1c(-c2ccccc2Cl)cc(C)c(Cl)c1O. The van der Waals surface area contributed by atoms with Gasteiger partial charge in [0, 0.05) is 16.1 Å². The van der Waals surface area contributed by atoms with E-state index in [0.717, 1.165) is 0 Å². The maximum absolute atomic E-state index is 12.2. The van der Waals surface area contributed by atoms with E-state index in [4.69, 9.17) is 27.9 Å². The summed E-state index contributed by atoms with van der Waals surface area (Å²) in [5.41, 5.74) is 1.81. The van der Waals surface area contributed by atoms with E-state index >= 15 is 0 Å². The van der Waals surface area contributed by atoms with Gasteiger partial charge in [0.25, 0.3) is 0 Å². The number of halogens is 2. The lowest BCUT2D eigenvalue weighted by Gasteiger charge is -2.15. The van der Waals surface area contributed by atoms with Crippen LogP contribution in [0.15, 0.2) is 30.3 Å². The minimum Gasteiger partial charge on any atom is -0.505 e. The molecule has 0 atom stereocenters. The Morgan fingerprint density at radius 2 is 1.90 bits per heavy atom. The number of phenolic OH excluding ortho intramolecular Hbond substituents is 1. The normalized spacial score (nSPS) is 10.5. The van der Waals surface area contributed by atoms with Crippen molar-refractivity contribution < 1.29 is 14.6 Å². The quantitative estimate of drug-likeness (QED) is 0.821. The Morgan fingerprint density at radius 3 is 2.52 bits per heavy atom. The minimum absolute atomic E-state index is 0.0283. The van der Waals surface area contributed by atoms with Crippen molar-refractivity contribution in [2.24, 2.45) is 0 Å². The van der Waals surface area contributed by atoms with E-state index in [2.05, 4.69) is 0 Å². The second kappa shape index (κ2) is 6.37. The van der Waals surface area contributed by atoms with E-state index < -0.39 is 5.97 Å². The Bertz CT molecular complexity index is 696. The van der Waals surface area contributed by atoms with Gasteiger partial charge in [0.1, 0.15) is 11.3 Å². The molecule has 0 saturated carbocycles. The standard InChI is InChI=1S/C16H14Cl2O3/c1-3-21-16(20)13-11(8-9(2)14(18)15(13)19)10-6-4-5-7-12(10)17/h4-8,19H,3H2,1-2H3. The molecule has 0 aliphatic rings. The molecular weight excluding hydrogens is 311 g/mol. The largest absolute Gasteiger partial charge is 0.505 e. The van der Waals surface area contributed by atoms with E-state index in [1.165, 1.54) is 0 Å². The molecule has 110 valence electrons. The first-order valence-corrected chi connectivity index (χ1v) is 7.17. The molecule has 2 aromatic carbocycles. The Balaban J connectivity index is 2.76. The van der Waals surface area contributed by atoms with Crippen LogP contribution >= 0.6 is 23.2 Å². The third-order valence-corrected chi connectivity index (χ3v) is 3.87. The molecule has 5 heteroatoms. The summed E-state index contributed by atoms with van der Waals surface area (Å²) < 4.78 is 5.00. The molecule has 1 N–H and O–H groups in total. The van der Waals surface area contributed by atoms with Crippen LogP contribution in [0, 0.1) is 6.92 Å². The Kier molecular flexibility index (Phi) is 4.76. The highest BCUT2D eigenvalue weighted by molar-refractivity contribution is 6.35. The van der Waals surface area contributed by atoms with Gasteiger partial charge in [-0.1, -0.05) is 41.4 Å². The monoisotopic (exact) mass is 324 g/mol. The van der Waals surface area contributed by atoms with Crippen molar-refractivity contribution in [2.45, 2.75) is 13.8 Å². The lowest BCUT2D eigenvalue weighted by molar-refractivity contribution is 0.0524. The topological polar surface area (TPSA) is 46.5 Å². The van der Waals surface area contributed by atoms with E-state index in [-0.39, 0.29) is 22.9 Å². The molecule has 0 radical (unpaired) electrons. The van der Waals surface area contributed by atoms with E-state index in [1.807, 2.05) is 0 Å². The second-order valence-corrected chi connectivity index (χ2v) is 5.26. The number of esters is 1. The smallest absolute Gasteiger partial charge is 0.342 e. The predicted octanol–water partition coefficient (Wildman–Crippen LogP) is 4.85. The van der Waals surface area contributed by atoms with Crippen LogP contribution in [-0.4, -0.2) is 17.7 Å². The van der Waals surface area contributed by atoms with E-state index in [0.29, 0.717) is 21.7 Å². The van der Waals surface area contributed by atoms with Crippen molar-refractivity contribution >= 4 is 29.2 Å². The predicted molar refractivity (Wildman–Crippen MR) is 84.3 cm³/mol. The Morgan fingerprint density at radius 1 is 1.24 bits per heavy atom. The number of phenols is 1. The molecule has 3 nitrogen and oxygen atoms in total. The summed E-state index contributed by atoms with van der Waals surface area (Å²) in [6.45, 7) is 3.64. The molecule has 0 aliphatic carbocycles. The molecule has 0 aliphatic heterocycles. The third kappa shape index (κ3) is 2.99. The molecule has 0 aromatic heterocycles. The number of aromatic hydroxyl groups is 1. The molecule has 0 bridgehead atoms. The summed E-state index contributed by atoms with van der Waals surface area (Å²) in [6, 6.07) is 8.80. The Labute approximate surface area is 133 Å². The van der Waals surface area contributed by atoms with Crippen molar-refractivity contribution in [2.75, 3.05) is 6.61 Å². The summed E-state index contributed by atoms with van der Waals surface area (Å²) in [5.74, 6) is -0.920. The number of rotatable bonds is 3.